The molecule has 0 saturated heterocycles. The predicted octanol–water partition coefficient (Wildman–Crippen LogP) is 18.1. The minimum atomic E-state index is -0.667. The summed E-state index contributed by atoms with van der Waals surface area (Å²) in [6, 6.07) is -0.545. The number of esters is 1. The normalized spacial score (nSPS) is 12.6. The van der Waals surface area contributed by atoms with Crippen LogP contribution in [0.2, 0.25) is 0 Å². The number of hydrogen-bond acceptors (Lipinski definition) is 5. The Hall–Kier alpha value is -1.40. The van der Waals surface area contributed by atoms with Crippen LogP contribution in [0.4, 0.5) is 0 Å². The summed E-state index contributed by atoms with van der Waals surface area (Å²) in [6.07, 6.45) is 64.9. The Bertz CT molecular complexity index is 970. The summed E-state index contributed by atoms with van der Waals surface area (Å²) in [6.45, 7) is 4.96. The van der Waals surface area contributed by atoms with Gasteiger partial charge in [-0.1, -0.05) is 276 Å². The van der Waals surface area contributed by atoms with E-state index >= 15 is 0 Å². The first kappa shape index (κ1) is 63.6. The van der Waals surface area contributed by atoms with Gasteiger partial charge in [0.25, 0.3) is 0 Å². The lowest BCUT2D eigenvalue weighted by molar-refractivity contribution is -0.143. The average Bonchev–Trinajstić information content (AvgIpc) is 3.31. The summed E-state index contributed by atoms with van der Waals surface area (Å²) in [5, 5.41) is 23.2. The van der Waals surface area contributed by atoms with Gasteiger partial charge in [0.05, 0.1) is 25.4 Å². The molecule has 0 fully saturated rings. The van der Waals surface area contributed by atoms with E-state index in [4.69, 9.17) is 4.74 Å². The van der Waals surface area contributed by atoms with Crippen LogP contribution in [0.25, 0.3) is 0 Å². The number of aliphatic hydroxyl groups is 2. The molecule has 386 valence electrons. The van der Waals surface area contributed by atoms with Crippen molar-refractivity contribution in [3.05, 3.63) is 12.2 Å². The molecule has 65 heavy (non-hydrogen) atoms. The lowest BCUT2D eigenvalue weighted by atomic mass is 10.0. The van der Waals surface area contributed by atoms with Crippen LogP contribution in [0.3, 0.4) is 0 Å². The summed E-state index contributed by atoms with van der Waals surface area (Å²) in [5.74, 6) is -0.0306. The molecule has 0 aliphatic heterocycles. The van der Waals surface area contributed by atoms with E-state index in [1.165, 1.54) is 257 Å². The number of ether oxygens (including phenoxy) is 1. The molecule has 0 bridgehead atoms. The Morgan fingerprint density at radius 1 is 0.415 bits per heavy atom. The third kappa shape index (κ3) is 51.8. The lowest BCUT2D eigenvalue weighted by Gasteiger charge is -2.22. The monoisotopic (exact) mass is 918 g/mol. The fourth-order valence-electron chi connectivity index (χ4n) is 9.28. The van der Waals surface area contributed by atoms with Crippen LogP contribution in [0.1, 0.15) is 328 Å². The molecule has 0 spiro atoms. The van der Waals surface area contributed by atoms with Crippen molar-refractivity contribution in [2.45, 2.75) is 341 Å². The van der Waals surface area contributed by atoms with Crippen LogP contribution >= 0.6 is 0 Å². The molecule has 0 saturated carbocycles. The maximum atomic E-state index is 12.5. The van der Waals surface area contributed by atoms with E-state index in [1.54, 1.807) is 0 Å². The topological polar surface area (TPSA) is 95.9 Å². The molecule has 0 radical (unpaired) electrons. The molecule has 2 unspecified atom stereocenters. The molecule has 0 aliphatic carbocycles. The second-order valence-electron chi connectivity index (χ2n) is 20.3. The highest BCUT2D eigenvalue weighted by atomic mass is 16.5. The van der Waals surface area contributed by atoms with Crippen LogP contribution in [-0.4, -0.2) is 47.4 Å². The maximum absolute atomic E-state index is 12.5. The second-order valence-corrected chi connectivity index (χ2v) is 20.3. The highest BCUT2D eigenvalue weighted by Crippen LogP contribution is 2.17. The van der Waals surface area contributed by atoms with Crippen LogP contribution < -0.4 is 5.32 Å². The van der Waals surface area contributed by atoms with E-state index in [-0.39, 0.29) is 18.5 Å². The molecular formula is C59H115NO5. The Balaban J connectivity index is 3.40. The third-order valence-corrected chi connectivity index (χ3v) is 13.8. The zero-order valence-corrected chi connectivity index (χ0v) is 44.0. The predicted molar refractivity (Wildman–Crippen MR) is 283 cm³/mol. The van der Waals surface area contributed by atoms with E-state index in [9.17, 15) is 19.8 Å². The summed E-state index contributed by atoms with van der Waals surface area (Å²) < 4.78 is 5.48. The lowest BCUT2D eigenvalue weighted by Crippen LogP contribution is -2.45. The fraction of sp³-hybridized carbons (Fsp3) is 0.932. The van der Waals surface area contributed by atoms with Gasteiger partial charge in [-0.25, -0.2) is 0 Å². The smallest absolute Gasteiger partial charge is 0.305 e. The summed E-state index contributed by atoms with van der Waals surface area (Å²) >= 11 is 0. The first-order valence-electron chi connectivity index (χ1n) is 29.4. The molecule has 0 heterocycles. The van der Waals surface area contributed by atoms with Crippen LogP contribution in [0, 0.1) is 0 Å². The number of aliphatic hydroxyl groups excluding tert-OH is 2. The first-order valence-corrected chi connectivity index (χ1v) is 29.4. The summed E-state index contributed by atoms with van der Waals surface area (Å²) in [4.78, 5) is 24.5. The van der Waals surface area contributed by atoms with E-state index in [0.717, 1.165) is 38.5 Å². The summed E-state index contributed by atoms with van der Waals surface area (Å²) in [5.41, 5.74) is 0. The van der Waals surface area contributed by atoms with Gasteiger partial charge < -0.3 is 20.3 Å². The molecule has 6 heteroatoms. The van der Waals surface area contributed by atoms with Gasteiger partial charge in [0.1, 0.15) is 0 Å². The molecule has 3 N–H and O–H groups in total. The molecule has 6 nitrogen and oxygen atoms in total. The molecule has 2 atom stereocenters. The van der Waals surface area contributed by atoms with Gasteiger partial charge in [0.2, 0.25) is 5.91 Å². The molecule has 1 amide bonds. The number of hydrogen-bond donors (Lipinski definition) is 3. The quantitative estimate of drug-likeness (QED) is 0.0321. The van der Waals surface area contributed by atoms with Gasteiger partial charge in [-0.3, -0.25) is 9.59 Å². The SMILES string of the molecule is CCCCCCCCCCCCCCCCC(=O)OCCCCCCCCCCCC/C=C\CCCCCCCCCC(=O)NC(CO)C(O)CCCCCCCCCCCCCCC. The minimum Gasteiger partial charge on any atom is -0.466 e. The Kier molecular flexibility index (Phi) is 54.0. The van der Waals surface area contributed by atoms with E-state index in [0.29, 0.717) is 25.9 Å². The van der Waals surface area contributed by atoms with Gasteiger partial charge >= 0.3 is 5.97 Å². The maximum Gasteiger partial charge on any atom is 0.305 e. The van der Waals surface area contributed by atoms with Crippen LogP contribution in [-0.2, 0) is 14.3 Å². The molecule has 0 aromatic heterocycles. The van der Waals surface area contributed by atoms with Crippen LogP contribution in [0.15, 0.2) is 12.2 Å². The van der Waals surface area contributed by atoms with E-state index in [1.807, 2.05) is 0 Å². The van der Waals surface area contributed by atoms with Crippen molar-refractivity contribution in [2.75, 3.05) is 13.2 Å². The molecule has 0 aromatic rings. The highest BCUT2D eigenvalue weighted by Gasteiger charge is 2.20. The van der Waals surface area contributed by atoms with Gasteiger partial charge in [0, 0.05) is 12.8 Å². The number of carbonyl (C=O) groups is 2. The number of allylic oxidation sites excluding steroid dienone is 2. The largest absolute Gasteiger partial charge is 0.466 e. The highest BCUT2D eigenvalue weighted by molar-refractivity contribution is 5.76. The van der Waals surface area contributed by atoms with Gasteiger partial charge in [-0.15, -0.1) is 0 Å². The fourth-order valence-corrected chi connectivity index (χ4v) is 9.28. The van der Waals surface area contributed by atoms with Crippen molar-refractivity contribution in [3.63, 3.8) is 0 Å². The molecule has 0 aliphatic rings. The standard InChI is InChI=1S/C59H115NO5/c1-3-5-7-9-11-13-15-17-29-33-37-41-45-49-53-59(64)65-54-50-46-42-38-34-30-26-24-22-20-18-19-21-23-25-28-32-36-40-44-48-52-58(63)60-56(55-61)57(62)51-47-43-39-35-31-27-16-14-12-10-8-6-4-2/h19,21,56-57,61-62H,3-18,20,22-55H2,1-2H3,(H,60,63)/b21-19-. The zero-order chi connectivity index (χ0) is 47.2. The number of nitrogens with one attached hydrogen (secondary N) is 1. The summed E-state index contributed by atoms with van der Waals surface area (Å²) in [7, 11) is 0. The van der Waals surface area contributed by atoms with Crippen molar-refractivity contribution < 1.29 is 24.5 Å². The van der Waals surface area contributed by atoms with Crippen molar-refractivity contribution in [2.24, 2.45) is 0 Å². The number of unbranched alkanes of at least 4 members (excludes halogenated alkanes) is 42. The van der Waals surface area contributed by atoms with Crippen molar-refractivity contribution in [1.29, 1.82) is 0 Å². The van der Waals surface area contributed by atoms with Gasteiger partial charge in [-0.2, -0.15) is 0 Å². The number of carbonyl (C=O) groups excluding carboxylic acids is 2. The molecular weight excluding hydrogens is 803 g/mol. The van der Waals surface area contributed by atoms with Crippen molar-refractivity contribution >= 4 is 11.9 Å². The van der Waals surface area contributed by atoms with Gasteiger partial charge in [-0.05, 0) is 51.4 Å². The Labute approximate surface area is 406 Å². The first-order chi connectivity index (χ1) is 32.0. The van der Waals surface area contributed by atoms with Crippen molar-refractivity contribution in [1.82, 2.24) is 5.32 Å². The number of amides is 1. The Morgan fingerprint density at radius 2 is 0.723 bits per heavy atom. The second kappa shape index (κ2) is 55.2. The molecule has 0 rings (SSSR count). The van der Waals surface area contributed by atoms with E-state index < -0.39 is 12.1 Å². The Morgan fingerprint density at radius 3 is 1.09 bits per heavy atom. The van der Waals surface area contributed by atoms with Gasteiger partial charge in [0.15, 0.2) is 0 Å². The van der Waals surface area contributed by atoms with E-state index in [2.05, 4.69) is 31.3 Å². The zero-order valence-electron chi connectivity index (χ0n) is 44.0. The van der Waals surface area contributed by atoms with Crippen LogP contribution in [0.5, 0.6) is 0 Å². The molecule has 0 aromatic carbocycles. The third-order valence-electron chi connectivity index (χ3n) is 13.8. The minimum absolute atomic E-state index is 0.0109. The number of rotatable bonds is 55. The average molecular weight is 919 g/mol. The van der Waals surface area contributed by atoms with Crippen molar-refractivity contribution in [3.8, 4) is 0 Å².